The maximum atomic E-state index is 11.8. The molecule has 1 aromatic heterocycles. The van der Waals surface area contributed by atoms with E-state index in [1.165, 1.54) is 14.2 Å². The summed E-state index contributed by atoms with van der Waals surface area (Å²) in [7, 11) is 2.47. The minimum Gasteiger partial charge on any atom is -0.466 e. The van der Waals surface area contributed by atoms with Crippen molar-refractivity contribution in [3.63, 3.8) is 0 Å². The molecule has 2 aromatic rings. The van der Waals surface area contributed by atoms with Gasteiger partial charge in [0.15, 0.2) is 0 Å². The molecule has 0 saturated heterocycles. The first-order chi connectivity index (χ1) is 11.4. The summed E-state index contributed by atoms with van der Waals surface area (Å²) in [5.74, 6) is -0.600. The van der Waals surface area contributed by atoms with Gasteiger partial charge in [-0.1, -0.05) is 12.1 Å². The number of carbonyl (C=O) groups is 2. The summed E-state index contributed by atoms with van der Waals surface area (Å²) in [6.07, 6.45) is 1.04. The molecule has 2 N–H and O–H groups in total. The zero-order chi connectivity index (χ0) is 17.7. The van der Waals surface area contributed by atoms with Crippen LogP contribution in [0, 0.1) is 13.8 Å². The molecule has 0 spiro atoms. The highest BCUT2D eigenvalue weighted by Gasteiger charge is 2.13. The molecule has 7 heteroatoms. The lowest BCUT2D eigenvalue weighted by molar-refractivity contribution is -0.138. The van der Waals surface area contributed by atoms with Crippen molar-refractivity contribution < 1.29 is 19.1 Å². The van der Waals surface area contributed by atoms with Crippen LogP contribution in [0.1, 0.15) is 11.4 Å². The van der Waals surface area contributed by atoms with Gasteiger partial charge in [-0.05, 0) is 26.0 Å². The van der Waals surface area contributed by atoms with Crippen LogP contribution in [0.25, 0.3) is 11.4 Å². The summed E-state index contributed by atoms with van der Waals surface area (Å²) >= 11 is 0. The van der Waals surface area contributed by atoms with E-state index in [-0.39, 0.29) is 5.70 Å². The van der Waals surface area contributed by atoms with E-state index in [9.17, 15) is 9.59 Å². The SMILES string of the molecule is COC(=O)/C=C(/Nc1cccc(-c2nc(C)c(C)[nH]2)c1)C(=O)OC. The lowest BCUT2D eigenvalue weighted by atomic mass is 10.2. The van der Waals surface area contributed by atoms with Gasteiger partial charge in [-0.2, -0.15) is 0 Å². The number of aryl methyl sites for hydroxylation is 2. The van der Waals surface area contributed by atoms with Gasteiger partial charge in [0.1, 0.15) is 11.5 Å². The Morgan fingerprint density at radius 1 is 1.21 bits per heavy atom. The predicted molar refractivity (Wildman–Crippen MR) is 89.2 cm³/mol. The lowest BCUT2D eigenvalue weighted by Gasteiger charge is -2.10. The van der Waals surface area contributed by atoms with Crippen LogP contribution in [-0.4, -0.2) is 36.1 Å². The molecular weight excluding hydrogens is 310 g/mol. The Morgan fingerprint density at radius 3 is 2.54 bits per heavy atom. The topological polar surface area (TPSA) is 93.3 Å². The third-order valence-corrected chi connectivity index (χ3v) is 3.41. The average Bonchev–Trinajstić information content (AvgIpc) is 2.92. The van der Waals surface area contributed by atoms with Crippen LogP contribution < -0.4 is 5.32 Å². The number of aromatic nitrogens is 2. The fourth-order valence-electron chi connectivity index (χ4n) is 2.02. The van der Waals surface area contributed by atoms with Gasteiger partial charge >= 0.3 is 11.9 Å². The number of nitrogens with one attached hydrogen (secondary N) is 2. The zero-order valence-electron chi connectivity index (χ0n) is 14.0. The summed E-state index contributed by atoms with van der Waals surface area (Å²) in [5.41, 5.74) is 3.35. The van der Waals surface area contributed by atoms with Crippen molar-refractivity contribution in [2.24, 2.45) is 0 Å². The fourth-order valence-corrected chi connectivity index (χ4v) is 2.02. The maximum Gasteiger partial charge on any atom is 0.354 e. The van der Waals surface area contributed by atoms with E-state index in [0.29, 0.717) is 5.69 Å². The highest BCUT2D eigenvalue weighted by Crippen LogP contribution is 2.22. The molecule has 0 amide bonds. The fraction of sp³-hybridized carbons (Fsp3) is 0.235. The van der Waals surface area contributed by atoms with E-state index in [2.05, 4.69) is 24.8 Å². The number of methoxy groups -OCH3 is 2. The van der Waals surface area contributed by atoms with Crippen molar-refractivity contribution in [2.45, 2.75) is 13.8 Å². The molecule has 0 saturated carbocycles. The van der Waals surface area contributed by atoms with E-state index in [1.807, 2.05) is 32.0 Å². The van der Waals surface area contributed by atoms with Crippen LogP contribution in [0.3, 0.4) is 0 Å². The molecular formula is C17H19N3O4. The number of benzene rings is 1. The smallest absolute Gasteiger partial charge is 0.354 e. The zero-order valence-corrected chi connectivity index (χ0v) is 14.0. The third kappa shape index (κ3) is 4.01. The van der Waals surface area contributed by atoms with E-state index in [1.54, 1.807) is 6.07 Å². The molecule has 0 aliphatic heterocycles. The molecule has 0 aliphatic rings. The molecule has 0 fully saturated rings. The van der Waals surface area contributed by atoms with Gasteiger partial charge in [0, 0.05) is 16.9 Å². The Bertz CT molecular complexity index is 773. The van der Waals surface area contributed by atoms with Gasteiger partial charge in [0.25, 0.3) is 0 Å². The molecule has 24 heavy (non-hydrogen) atoms. The number of carbonyl (C=O) groups excluding carboxylic acids is 2. The van der Waals surface area contributed by atoms with Gasteiger partial charge in [-0.3, -0.25) is 0 Å². The van der Waals surface area contributed by atoms with E-state index < -0.39 is 11.9 Å². The normalized spacial score (nSPS) is 11.1. The van der Waals surface area contributed by atoms with Crippen LogP contribution in [0.4, 0.5) is 5.69 Å². The summed E-state index contributed by atoms with van der Waals surface area (Å²) in [4.78, 5) is 30.8. The minimum atomic E-state index is -0.671. The second-order valence-corrected chi connectivity index (χ2v) is 5.07. The van der Waals surface area contributed by atoms with Crippen molar-refractivity contribution in [3.8, 4) is 11.4 Å². The van der Waals surface area contributed by atoms with Crippen molar-refractivity contribution in [1.29, 1.82) is 0 Å². The second-order valence-electron chi connectivity index (χ2n) is 5.07. The van der Waals surface area contributed by atoms with Crippen molar-refractivity contribution in [1.82, 2.24) is 9.97 Å². The Hall–Kier alpha value is -3.09. The summed E-state index contributed by atoms with van der Waals surface area (Å²) < 4.78 is 9.21. The Kier molecular flexibility index (Phi) is 5.36. The number of nitrogens with zero attached hydrogens (tertiary/aromatic N) is 1. The molecule has 1 heterocycles. The predicted octanol–water partition coefficient (Wildman–Crippen LogP) is 2.34. The van der Waals surface area contributed by atoms with Crippen LogP contribution in [0.2, 0.25) is 0 Å². The van der Waals surface area contributed by atoms with Crippen molar-refractivity contribution >= 4 is 17.6 Å². The third-order valence-electron chi connectivity index (χ3n) is 3.41. The number of ether oxygens (including phenoxy) is 2. The van der Waals surface area contributed by atoms with Crippen LogP contribution in [0.15, 0.2) is 36.0 Å². The quantitative estimate of drug-likeness (QED) is 0.646. The van der Waals surface area contributed by atoms with Crippen LogP contribution >= 0.6 is 0 Å². The lowest BCUT2D eigenvalue weighted by Crippen LogP contribution is -2.15. The molecule has 0 bridgehead atoms. The Labute approximate surface area is 139 Å². The number of aromatic amines is 1. The van der Waals surface area contributed by atoms with Gasteiger partial charge < -0.3 is 19.8 Å². The monoisotopic (exact) mass is 329 g/mol. The van der Waals surface area contributed by atoms with E-state index in [0.717, 1.165) is 28.9 Å². The maximum absolute atomic E-state index is 11.8. The summed E-state index contributed by atoms with van der Waals surface area (Å²) in [5, 5.41) is 2.87. The number of esters is 2. The molecule has 126 valence electrons. The van der Waals surface area contributed by atoms with E-state index in [4.69, 9.17) is 0 Å². The molecule has 0 atom stereocenters. The second kappa shape index (κ2) is 7.45. The van der Waals surface area contributed by atoms with Gasteiger partial charge in [0.05, 0.1) is 26.0 Å². The standard InChI is InChI=1S/C17H19N3O4/c1-10-11(2)19-16(18-10)12-6-5-7-13(8-12)20-14(17(22)24-4)9-15(21)23-3/h5-9,20H,1-4H3,(H,18,19)/b14-9+. The Morgan fingerprint density at radius 2 is 1.96 bits per heavy atom. The van der Waals surface area contributed by atoms with E-state index >= 15 is 0 Å². The Balaban J connectivity index is 2.31. The van der Waals surface area contributed by atoms with Gasteiger partial charge in [-0.25, -0.2) is 14.6 Å². The molecule has 7 nitrogen and oxygen atoms in total. The highest BCUT2D eigenvalue weighted by molar-refractivity contribution is 5.98. The first-order valence-electron chi connectivity index (χ1n) is 7.23. The van der Waals surface area contributed by atoms with Crippen LogP contribution in [-0.2, 0) is 19.1 Å². The number of hydrogen-bond donors (Lipinski definition) is 2. The van der Waals surface area contributed by atoms with Gasteiger partial charge in [-0.15, -0.1) is 0 Å². The highest BCUT2D eigenvalue weighted by atomic mass is 16.5. The molecule has 1 aromatic carbocycles. The minimum absolute atomic E-state index is 0.0201. The molecule has 0 aliphatic carbocycles. The number of anilines is 1. The van der Waals surface area contributed by atoms with Crippen molar-refractivity contribution in [3.05, 3.63) is 47.4 Å². The van der Waals surface area contributed by atoms with Crippen LogP contribution in [0.5, 0.6) is 0 Å². The first kappa shape index (κ1) is 17.3. The molecule has 0 unspecified atom stereocenters. The number of hydrogen-bond acceptors (Lipinski definition) is 6. The van der Waals surface area contributed by atoms with Crippen molar-refractivity contribution in [2.75, 3.05) is 19.5 Å². The summed E-state index contributed by atoms with van der Waals surface area (Å²) in [6.45, 7) is 3.87. The summed E-state index contributed by atoms with van der Waals surface area (Å²) in [6, 6.07) is 7.29. The molecule has 2 rings (SSSR count). The van der Waals surface area contributed by atoms with Gasteiger partial charge in [0.2, 0.25) is 0 Å². The largest absolute Gasteiger partial charge is 0.466 e. The average molecular weight is 329 g/mol. The number of rotatable bonds is 5. The number of H-pyrrole nitrogens is 1. The number of imidazole rings is 1. The molecule has 0 radical (unpaired) electrons. The first-order valence-corrected chi connectivity index (χ1v) is 7.23.